The highest BCUT2D eigenvalue weighted by atomic mass is 32.2. The van der Waals surface area contributed by atoms with Crippen LogP contribution in [-0.2, 0) is 10.0 Å². The van der Waals surface area contributed by atoms with Crippen LogP contribution in [0.15, 0.2) is 17.2 Å². The Labute approximate surface area is 112 Å². The molecular formula is C12H18N2O4S. The van der Waals surface area contributed by atoms with Crippen LogP contribution in [0.25, 0.3) is 0 Å². The van der Waals surface area contributed by atoms with Crippen molar-refractivity contribution in [2.24, 2.45) is 11.8 Å². The lowest BCUT2D eigenvalue weighted by atomic mass is 10.1. The lowest BCUT2D eigenvalue weighted by Crippen LogP contribution is -2.28. The minimum absolute atomic E-state index is 0.0315. The van der Waals surface area contributed by atoms with Gasteiger partial charge in [0.05, 0.1) is 0 Å². The van der Waals surface area contributed by atoms with Crippen LogP contribution >= 0.6 is 0 Å². The number of H-pyrrole nitrogens is 1. The summed E-state index contributed by atoms with van der Waals surface area (Å²) in [5.41, 5.74) is -0.130. The summed E-state index contributed by atoms with van der Waals surface area (Å²) in [6.45, 7) is 2.58. The number of hydrogen-bond acceptors (Lipinski definition) is 3. The van der Waals surface area contributed by atoms with Crippen molar-refractivity contribution >= 4 is 16.0 Å². The minimum Gasteiger partial charge on any atom is -0.477 e. The third-order valence-electron chi connectivity index (χ3n) is 3.56. The molecule has 6 nitrogen and oxygen atoms in total. The van der Waals surface area contributed by atoms with Crippen molar-refractivity contribution in [3.05, 3.63) is 18.0 Å². The van der Waals surface area contributed by atoms with Crippen LogP contribution in [0.5, 0.6) is 0 Å². The van der Waals surface area contributed by atoms with Crippen LogP contribution in [0.2, 0.25) is 0 Å². The molecular weight excluding hydrogens is 268 g/mol. The third kappa shape index (κ3) is 3.36. The Morgan fingerprint density at radius 1 is 1.53 bits per heavy atom. The first-order chi connectivity index (χ1) is 8.88. The van der Waals surface area contributed by atoms with Crippen molar-refractivity contribution in [2.75, 3.05) is 6.54 Å². The molecule has 0 aromatic carbocycles. The summed E-state index contributed by atoms with van der Waals surface area (Å²) in [7, 11) is -3.62. The van der Waals surface area contributed by atoms with Gasteiger partial charge >= 0.3 is 5.97 Å². The van der Waals surface area contributed by atoms with E-state index >= 15 is 0 Å². The quantitative estimate of drug-likeness (QED) is 0.762. The Morgan fingerprint density at radius 3 is 2.79 bits per heavy atom. The molecule has 0 saturated heterocycles. The molecule has 1 fully saturated rings. The van der Waals surface area contributed by atoms with Crippen LogP contribution in [0.4, 0.5) is 0 Å². The molecule has 1 aliphatic rings. The Balaban J connectivity index is 1.99. The second-order valence-electron chi connectivity index (χ2n) is 5.19. The number of sulfonamides is 1. The molecule has 0 radical (unpaired) electrons. The SMILES string of the molecule is CC1CCC(CNS(=O)(=O)c2c[nH]c(C(=O)O)c2)C1. The van der Waals surface area contributed by atoms with E-state index in [1.54, 1.807) is 0 Å². The fourth-order valence-electron chi connectivity index (χ4n) is 2.47. The van der Waals surface area contributed by atoms with E-state index in [2.05, 4.69) is 16.6 Å². The smallest absolute Gasteiger partial charge is 0.352 e. The van der Waals surface area contributed by atoms with E-state index in [0.717, 1.165) is 25.3 Å². The van der Waals surface area contributed by atoms with Crippen LogP contribution in [0, 0.1) is 11.8 Å². The maximum absolute atomic E-state index is 12.0. The number of aromatic carboxylic acids is 1. The zero-order valence-corrected chi connectivity index (χ0v) is 11.5. The van der Waals surface area contributed by atoms with Gasteiger partial charge in [-0.05, 0) is 30.7 Å². The molecule has 0 amide bonds. The summed E-state index contributed by atoms with van der Waals surface area (Å²) in [6, 6.07) is 1.13. The maximum atomic E-state index is 12.0. The zero-order chi connectivity index (χ0) is 14.0. The third-order valence-corrected chi connectivity index (χ3v) is 4.97. The van der Waals surface area contributed by atoms with Gasteiger partial charge in [0.2, 0.25) is 10.0 Å². The second kappa shape index (κ2) is 5.34. The molecule has 1 aromatic rings. The van der Waals surface area contributed by atoms with Gasteiger partial charge < -0.3 is 10.1 Å². The van der Waals surface area contributed by atoms with Gasteiger partial charge in [0.25, 0.3) is 0 Å². The number of carbonyl (C=O) groups is 1. The van der Waals surface area contributed by atoms with Gasteiger partial charge in [-0.1, -0.05) is 13.3 Å². The van der Waals surface area contributed by atoms with E-state index in [1.165, 1.54) is 6.20 Å². The van der Waals surface area contributed by atoms with Gasteiger partial charge in [-0.3, -0.25) is 0 Å². The lowest BCUT2D eigenvalue weighted by Gasteiger charge is -2.10. The summed E-state index contributed by atoms with van der Waals surface area (Å²) in [5, 5.41) is 8.75. The first-order valence-corrected chi connectivity index (χ1v) is 7.78. The number of aromatic nitrogens is 1. The summed E-state index contributed by atoms with van der Waals surface area (Å²) >= 11 is 0. The molecule has 3 N–H and O–H groups in total. The predicted octanol–water partition coefficient (Wildman–Crippen LogP) is 1.43. The highest BCUT2D eigenvalue weighted by molar-refractivity contribution is 7.89. The Morgan fingerprint density at radius 2 is 2.26 bits per heavy atom. The fraction of sp³-hybridized carbons (Fsp3) is 0.583. The van der Waals surface area contributed by atoms with E-state index < -0.39 is 16.0 Å². The van der Waals surface area contributed by atoms with Crippen molar-refractivity contribution in [3.8, 4) is 0 Å². The Bertz CT molecular complexity index is 564. The molecule has 19 heavy (non-hydrogen) atoms. The molecule has 1 aromatic heterocycles. The molecule has 2 rings (SSSR count). The number of nitrogens with one attached hydrogen (secondary N) is 2. The lowest BCUT2D eigenvalue weighted by molar-refractivity contribution is 0.0691. The van der Waals surface area contributed by atoms with Gasteiger partial charge in [0.1, 0.15) is 10.6 Å². The zero-order valence-electron chi connectivity index (χ0n) is 10.7. The Hall–Kier alpha value is -1.34. The fourth-order valence-corrected chi connectivity index (χ4v) is 3.58. The number of carboxylic acids is 1. The molecule has 0 bridgehead atoms. The van der Waals surface area contributed by atoms with E-state index in [1.807, 2.05) is 0 Å². The molecule has 1 saturated carbocycles. The first-order valence-electron chi connectivity index (χ1n) is 6.30. The minimum atomic E-state index is -3.62. The van der Waals surface area contributed by atoms with E-state index in [9.17, 15) is 13.2 Å². The van der Waals surface area contributed by atoms with E-state index in [4.69, 9.17) is 5.11 Å². The van der Waals surface area contributed by atoms with Crippen LogP contribution in [0.1, 0.15) is 36.7 Å². The molecule has 1 heterocycles. The van der Waals surface area contributed by atoms with Crippen molar-refractivity contribution < 1.29 is 18.3 Å². The first kappa shape index (κ1) is 14.1. The molecule has 2 atom stereocenters. The van der Waals surface area contributed by atoms with E-state index in [0.29, 0.717) is 18.4 Å². The molecule has 1 aliphatic carbocycles. The van der Waals surface area contributed by atoms with Crippen molar-refractivity contribution in [1.82, 2.24) is 9.71 Å². The average molecular weight is 286 g/mol. The van der Waals surface area contributed by atoms with Gasteiger partial charge in [-0.2, -0.15) is 0 Å². The number of hydrogen-bond donors (Lipinski definition) is 3. The number of aromatic amines is 1. The monoisotopic (exact) mass is 286 g/mol. The van der Waals surface area contributed by atoms with E-state index in [-0.39, 0.29) is 10.6 Å². The normalized spacial score (nSPS) is 23.6. The largest absolute Gasteiger partial charge is 0.477 e. The molecule has 0 spiro atoms. The maximum Gasteiger partial charge on any atom is 0.352 e. The highest BCUT2D eigenvalue weighted by Gasteiger charge is 2.24. The summed E-state index contributed by atoms with van der Waals surface area (Å²) in [4.78, 5) is 13.1. The van der Waals surface area contributed by atoms with Gasteiger partial charge in [-0.25, -0.2) is 17.9 Å². The molecule has 2 unspecified atom stereocenters. The number of carboxylic acid groups (broad SMARTS) is 1. The van der Waals surface area contributed by atoms with Crippen molar-refractivity contribution in [3.63, 3.8) is 0 Å². The summed E-state index contributed by atoms with van der Waals surface area (Å²) in [6.07, 6.45) is 4.41. The second-order valence-corrected chi connectivity index (χ2v) is 6.96. The average Bonchev–Trinajstić information content (AvgIpc) is 2.95. The molecule has 7 heteroatoms. The summed E-state index contributed by atoms with van der Waals surface area (Å²) in [5.74, 6) is -0.144. The molecule has 0 aliphatic heterocycles. The highest BCUT2D eigenvalue weighted by Crippen LogP contribution is 2.29. The Kier molecular flexibility index (Phi) is 3.96. The topological polar surface area (TPSA) is 99.3 Å². The standard InChI is InChI=1S/C12H18N2O4S/c1-8-2-3-9(4-8)6-14-19(17,18)10-5-11(12(15)16)13-7-10/h5,7-9,13-14H,2-4,6H2,1H3,(H,15,16). The number of rotatable bonds is 5. The van der Waals surface area contributed by atoms with Gasteiger partial charge in [0, 0.05) is 12.7 Å². The van der Waals surface area contributed by atoms with Crippen LogP contribution < -0.4 is 4.72 Å². The molecule has 106 valence electrons. The van der Waals surface area contributed by atoms with Crippen molar-refractivity contribution in [1.29, 1.82) is 0 Å². The van der Waals surface area contributed by atoms with Crippen LogP contribution in [0.3, 0.4) is 0 Å². The summed E-state index contributed by atoms with van der Waals surface area (Å²) < 4.78 is 26.5. The van der Waals surface area contributed by atoms with Crippen molar-refractivity contribution in [2.45, 2.75) is 31.1 Å². The van der Waals surface area contributed by atoms with Gasteiger partial charge in [-0.15, -0.1) is 0 Å². The predicted molar refractivity (Wildman–Crippen MR) is 69.4 cm³/mol. The van der Waals surface area contributed by atoms with Gasteiger partial charge in [0.15, 0.2) is 0 Å². The van der Waals surface area contributed by atoms with Crippen LogP contribution in [-0.4, -0.2) is 31.0 Å².